The molecule has 0 bridgehead atoms. The predicted octanol–water partition coefficient (Wildman–Crippen LogP) is 5.00. The van der Waals surface area contributed by atoms with Gasteiger partial charge in [-0.2, -0.15) is 0 Å². The zero-order valence-corrected chi connectivity index (χ0v) is 18.3. The first-order chi connectivity index (χ1) is 14.5. The minimum Gasteiger partial charge on any atom is -0.494 e. The van der Waals surface area contributed by atoms with Gasteiger partial charge in [-0.15, -0.1) is 11.3 Å². The van der Waals surface area contributed by atoms with E-state index >= 15 is 0 Å². The van der Waals surface area contributed by atoms with Crippen molar-refractivity contribution in [2.45, 2.75) is 18.8 Å². The first-order valence-electron chi connectivity index (χ1n) is 10.4. The third kappa shape index (κ3) is 4.50. The summed E-state index contributed by atoms with van der Waals surface area (Å²) >= 11 is 1.61. The molecule has 6 heteroatoms. The lowest BCUT2D eigenvalue weighted by atomic mass is 9.95. The van der Waals surface area contributed by atoms with Gasteiger partial charge in [0, 0.05) is 37.8 Å². The average molecular weight is 427 g/mol. The highest BCUT2D eigenvalue weighted by atomic mass is 32.1. The van der Waals surface area contributed by atoms with Crippen LogP contribution >= 0.6 is 11.3 Å². The second kappa shape index (κ2) is 9.14. The Balaban J connectivity index is 1.39. The van der Waals surface area contributed by atoms with Gasteiger partial charge in [0.1, 0.15) is 11.6 Å². The van der Waals surface area contributed by atoms with Crippen molar-refractivity contribution in [3.05, 3.63) is 64.8 Å². The number of halogens is 1. The lowest BCUT2D eigenvalue weighted by molar-refractivity contribution is 0.0831. The lowest BCUT2D eigenvalue weighted by Gasteiger charge is -2.18. The van der Waals surface area contributed by atoms with Gasteiger partial charge in [-0.1, -0.05) is 18.2 Å². The van der Waals surface area contributed by atoms with Gasteiger partial charge in [0.05, 0.1) is 11.5 Å². The van der Waals surface area contributed by atoms with Gasteiger partial charge >= 0.3 is 0 Å². The molecule has 1 aromatic heterocycles. The minimum atomic E-state index is -0.251. The molecule has 4 nitrogen and oxygen atoms in total. The Morgan fingerprint density at radius 3 is 2.73 bits per heavy atom. The van der Waals surface area contributed by atoms with E-state index < -0.39 is 0 Å². The maximum absolute atomic E-state index is 13.0. The molecule has 0 radical (unpaired) electrons. The van der Waals surface area contributed by atoms with Crippen LogP contribution in [0.1, 0.15) is 34.0 Å². The summed E-state index contributed by atoms with van der Waals surface area (Å²) in [6.45, 7) is 3.56. The second-order valence-corrected chi connectivity index (χ2v) is 9.03. The summed E-state index contributed by atoms with van der Waals surface area (Å²) in [5.74, 6) is 0.918. The van der Waals surface area contributed by atoms with E-state index in [9.17, 15) is 9.18 Å². The first-order valence-corrected chi connectivity index (χ1v) is 11.2. The van der Waals surface area contributed by atoms with Crippen molar-refractivity contribution in [3.63, 3.8) is 0 Å². The van der Waals surface area contributed by atoms with Gasteiger partial charge in [-0.05, 0) is 60.7 Å². The van der Waals surface area contributed by atoms with Crippen molar-refractivity contribution in [1.29, 1.82) is 0 Å². The molecule has 2 heterocycles. The molecule has 30 heavy (non-hydrogen) atoms. The van der Waals surface area contributed by atoms with Crippen molar-refractivity contribution in [3.8, 4) is 5.75 Å². The maximum Gasteiger partial charge on any atom is 0.263 e. The SMILES string of the molecule is CN(C)C(=O)c1sc2ccccc2c1[C@@H]1CCN(CCCOc2ccc(F)cc2)C1. The smallest absolute Gasteiger partial charge is 0.263 e. The number of benzene rings is 2. The van der Waals surface area contributed by atoms with Crippen LogP contribution in [0.3, 0.4) is 0 Å². The van der Waals surface area contributed by atoms with E-state index in [0.717, 1.165) is 37.4 Å². The normalized spacial score (nSPS) is 16.8. The van der Waals surface area contributed by atoms with Crippen molar-refractivity contribution in [1.82, 2.24) is 9.80 Å². The zero-order valence-electron chi connectivity index (χ0n) is 17.4. The zero-order chi connectivity index (χ0) is 21.1. The second-order valence-electron chi connectivity index (χ2n) is 7.98. The van der Waals surface area contributed by atoms with Crippen LogP contribution < -0.4 is 4.74 Å². The fraction of sp³-hybridized carbons (Fsp3) is 0.375. The van der Waals surface area contributed by atoms with E-state index in [4.69, 9.17) is 4.74 Å². The molecule has 0 spiro atoms. The van der Waals surface area contributed by atoms with Crippen LogP contribution in [0.15, 0.2) is 48.5 Å². The molecule has 1 aliphatic rings. The van der Waals surface area contributed by atoms with Crippen molar-refractivity contribution < 1.29 is 13.9 Å². The van der Waals surface area contributed by atoms with Crippen LogP contribution in [-0.4, -0.2) is 56.0 Å². The number of nitrogens with zero attached hydrogens (tertiary/aromatic N) is 2. The van der Waals surface area contributed by atoms with Gasteiger partial charge in [-0.3, -0.25) is 4.79 Å². The Morgan fingerprint density at radius 2 is 1.97 bits per heavy atom. The van der Waals surface area contributed by atoms with E-state index in [1.807, 2.05) is 20.2 Å². The Morgan fingerprint density at radius 1 is 1.20 bits per heavy atom. The van der Waals surface area contributed by atoms with Gasteiger partial charge in [-0.25, -0.2) is 4.39 Å². The highest BCUT2D eigenvalue weighted by molar-refractivity contribution is 7.21. The number of amides is 1. The summed E-state index contributed by atoms with van der Waals surface area (Å²) in [5, 5.41) is 1.22. The number of likely N-dealkylation sites (tertiary alicyclic amines) is 1. The Hall–Kier alpha value is -2.44. The molecule has 0 aliphatic carbocycles. The third-order valence-corrected chi connectivity index (χ3v) is 6.79. The lowest BCUT2D eigenvalue weighted by Crippen LogP contribution is -2.24. The molecule has 0 unspecified atom stereocenters. The van der Waals surface area contributed by atoms with E-state index in [2.05, 4.69) is 23.1 Å². The predicted molar refractivity (Wildman–Crippen MR) is 120 cm³/mol. The van der Waals surface area contributed by atoms with E-state index in [1.165, 1.54) is 27.8 Å². The maximum atomic E-state index is 13.0. The number of fused-ring (bicyclic) bond motifs is 1. The molecule has 1 saturated heterocycles. The number of hydrogen-bond acceptors (Lipinski definition) is 4. The highest BCUT2D eigenvalue weighted by Crippen LogP contribution is 2.40. The summed E-state index contributed by atoms with van der Waals surface area (Å²) in [6, 6.07) is 14.5. The van der Waals surface area contributed by atoms with Gasteiger partial charge in [0.2, 0.25) is 0 Å². The number of rotatable bonds is 7. The first kappa shape index (κ1) is 20.8. The molecule has 3 aromatic rings. The topological polar surface area (TPSA) is 32.8 Å². The molecule has 1 amide bonds. The van der Waals surface area contributed by atoms with Crippen LogP contribution in [0.4, 0.5) is 4.39 Å². The van der Waals surface area contributed by atoms with Crippen molar-refractivity contribution in [2.24, 2.45) is 0 Å². The fourth-order valence-electron chi connectivity index (χ4n) is 4.11. The number of carbonyl (C=O) groups is 1. The van der Waals surface area contributed by atoms with E-state index in [-0.39, 0.29) is 11.7 Å². The molecule has 0 saturated carbocycles. The Kier molecular flexibility index (Phi) is 6.35. The van der Waals surface area contributed by atoms with Crippen LogP contribution in [-0.2, 0) is 0 Å². The standard InChI is InChI=1S/C24H27FN2O2S/c1-26(2)24(28)23-22(20-6-3-4-7-21(20)30-23)17-12-14-27(16-17)13-5-15-29-19-10-8-18(25)9-11-19/h3-4,6-11,17H,5,12-16H2,1-2H3/t17-/m1/s1. The monoisotopic (exact) mass is 426 g/mol. The summed E-state index contributed by atoms with van der Waals surface area (Å²) in [4.78, 5) is 17.8. The van der Waals surface area contributed by atoms with Gasteiger partial charge in [0.25, 0.3) is 5.91 Å². The molecule has 158 valence electrons. The number of ether oxygens (including phenoxy) is 1. The number of carbonyl (C=O) groups excluding carboxylic acids is 1. The molecular weight excluding hydrogens is 399 g/mol. The third-order valence-electron chi connectivity index (χ3n) is 5.62. The van der Waals surface area contributed by atoms with Crippen LogP contribution in [0.25, 0.3) is 10.1 Å². The Bertz CT molecular complexity index is 1020. The average Bonchev–Trinajstić information content (AvgIpc) is 3.36. The molecule has 1 atom stereocenters. The highest BCUT2D eigenvalue weighted by Gasteiger charge is 2.30. The van der Waals surface area contributed by atoms with E-state index in [1.54, 1.807) is 28.4 Å². The summed E-state index contributed by atoms with van der Waals surface area (Å²) in [5.41, 5.74) is 1.22. The molecule has 0 N–H and O–H groups in total. The summed E-state index contributed by atoms with van der Waals surface area (Å²) in [6.07, 6.45) is 1.98. The van der Waals surface area contributed by atoms with E-state index in [0.29, 0.717) is 18.3 Å². The number of thiophene rings is 1. The summed E-state index contributed by atoms with van der Waals surface area (Å²) < 4.78 is 19.9. The summed E-state index contributed by atoms with van der Waals surface area (Å²) in [7, 11) is 3.64. The fourth-order valence-corrected chi connectivity index (χ4v) is 5.42. The largest absolute Gasteiger partial charge is 0.494 e. The number of hydrogen-bond donors (Lipinski definition) is 0. The molecule has 4 rings (SSSR count). The quantitative estimate of drug-likeness (QED) is 0.499. The molecule has 1 fully saturated rings. The molecule has 2 aromatic carbocycles. The van der Waals surface area contributed by atoms with Crippen LogP contribution in [0.2, 0.25) is 0 Å². The Labute approximate surface area is 180 Å². The van der Waals surface area contributed by atoms with Crippen molar-refractivity contribution >= 4 is 27.3 Å². The van der Waals surface area contributed by atoms with Crippen LogP contribution in [0, 0.1) is 5.82 Å². The van der Waals surface area contributed by atoms with Crippen LogP contribution in [0.5, 0.6) is 5.75 Å². The van der Waals surface area contributed by atoms with Gasteiger partial charge < -0.3 is 14.5 Å². The molecule has 1 aliphatic heterocycles. The van der Waals surface area contributed by atoms with Gasteiger partial charge in [0.15, 0.2) is 0 Å². The minimum absolute atomic E-state index is 0.0948. The molecular formula is C24H27FN2O2S. The van der Waals surface area contributed by atoms with Crippen molar-refractivity contribution in [2.75, 3.05) is 40.3 Å².